The number of nitrogens with zero attached hydrogens (tertiary/aromatic N) is 4. The molecule has 0 fully saturated rings. The Labute approximate surface area is 132 Å². The number of benzene rings is 1. The monoisotopic (exact) mass is 397 g/mol. The maximum absolute atomic E-state index is 11.1. The summed E-state index contributed by atoms with van der Waals surface area (Å²) < 4.78 is 5.90. The highest BCUT2D eigenvalue weighted by atomic mass is 127. The fraction of sp³-hybridized carbons (Fsp3) is 0.0833. The molecule has 0 amide bonds. The Morgan fingerprint density at radius 3 is 2.71 bits per heavy atom. The van der Waals surface area contributed by atoms with E-state index in [1.54, 1.807) is 6.92 Å². The van der Waals surface area contributed by atoms with Gasteiger partial charge in [-0.25, -0.2) is 4.98 Å². The van der Waals surface area contributed by atoms with Crippen molar-refractivity contribution in [3.05, 3.63) is 43.3 Å². The van der Waals surface area contributed by atoms with Gasteiger partial charge in [0.1, 0.15) is 11.6 Å². The van der Waals surface area contributed by atoms with Gasteiger partial charge in [0, 0.05) is 12.1 Å². The molecule has 0 spiro atoms. The third kappa shape index (κ3) is 3.34. The summed E-state index contributed by atoms with van der Waals surface area (Å²) in [5.41, 5.74) is 5.45. The van der Waals surface area contributed by atoms with Crippen molar-refractivity contribution in [1.82, 2.24) is 9.97 Å². The molecule has 106 valence electrons. The Morgan fingerprint density at radius 1 is 1.43 bits per heavy atom. The van der Waals surface area contributed by atoms with Gasteiger partial charge in [0.15, 0.2) is 0 Å². The topological polar surface area (TPSA) is 128 Å². The fourth-order valence-electron chi connectivity index (χ4n) is 1.60. The Bertz CT molecular complexity index is 752. The molecule has 2 rings (SSSR count). The van der Waals surface area contributed by atoms with Crippen LogP contribution in [-0.2, 0) is 0 Å². The third-order valence-electron chi connectivity index (χ3n) is 2.39. The average molecular weight is 397 g/mol. The van der Waals surface area contributed by atoms with E-state index < -0.39 is 4.92 Å². The van der Waals surface area contributed by atoms with Crippen molar-refractivity contribution in [2.24, 2.45) is 0 Å². The normalized spacial score (nSPS) is 9.95. The molecule has 0 saturated heterocycles. The molecule has 1 aromatic heterocycles. The van der Waals surface area contributed by atoms with Gasteiger partial charge < -0.3 is 10.5 Å². The zero-order chi connectivity index (χ0) is 15.6. The third-order valence-corrected chi connectivity index (χ3v) is 3.19. The first kappa shape index (κ1) is 14.9. The molecule has 0 bridgehead atoms. The summed E-state index contributed by atoms with van der Waals surface area (Å²) in [5, 5.41) is 20.0. The SMILES string of the molecule is Cc1nc(N)cc(Oc2c(I)cc(C#N)cc2[N+](=O)[O-])n1. The molecule has 21 heavy (non-hydrogen) atoms. The molecular formula is C12H8IN5O3. The van der Waals surface area contributed by atoms with Crippen LogP contribution in [0.3, 0.4) is 0 Å². The van der Waals surface area contributed by atoms with Crippen molar-refractivity contribution in [3.8, 4) is 17.7 Å². The number of nitriles is 1. The van der Waals surface area contributed by atoms with Gasteiger partial charge in [-0.2, -0.15) is 10.2 Å². The number of anilines is 1. The summed E-state index contributed by atoms with van der Waals surface area (Å²) >= 11 is 1.86. The van der Waals surface area contributed by atoms with Crippen molar-refractivity contribution < 1.29 is 9.66 Å². The Morgan fingerprint density at radius 2 is 2.14 bits per heavy atom. The predicted octanol–water partition coefficient (Wildman–Crippen LogP) is 2.54. The molecular weight excluding hydrogens is 389 g/mol. The summed E-state index contributed by atoms with van der Waals surface area (Å²) in [6, 6.07) is 5.86. The van der Waals surface area contributed by atoms with Crippen LogP contribution < -0.4 is 10.5 Å². The van der Waals surface area contributed by atoms with E-state index in [1.807, 2.05) is 28.7 Å². The number of aryl methyl sites for hydroxylation is 1. The van der Waals surface area contributed by atoms with E-state index in [2.05, 4.69) is 9.97 Å². The van der Waals surface area contributed by atoms with Gasteiger partial charge in [-0.3, -0.25) is 10.1 Å². The Kier molecular flexibility index (Phi) is 4.18. The fourth-order valence-corrected chi connectivity index (χ4v) is 2.32. The van der Waals surface area contributed by atoms with Crippen molar-refractivity contribution in [3.63, 3.8) is 0 Å². The number of hydrogen-bond acceptors (Lipinski definition) is 7. The Hall–Kier alpha value is -2.48. The first-order chi connectivity index (χ1) is 9.90. The summed E-state index contributed by atoms with van der Waals surface area (Å²) in [6.07, 6.45) is 0. The van der Waals surface area contributed by atoms with Crippen LogP contribution in [0.5, 0.6) is 11.6 Å². The van der Waals surface area contributed by atoms with E-state index >= 15 is 0 Å². The lowest BCUT2D eigenvalue weighted by Crippen LogP contribution is -2.01. The van der Waals surface area contributed by atoms with Gasteiger partial charge in [-0.05, 0) is 35.6 Å². The number of nitro groups is 1. The second-order valence-electron chi connectivity index (χ2n) is 3.96. The number of rotatable bonds is 3. The molecule has 1 aromatic carbocycles. The number of nitrogens with two attached hydrogens (primary N) is 1. The largest absolute Gasteiger partial charge is 0.430 e. The van der Waals surface area contributed by atoms with E-state index in [0.717, 1.165) is 6.07 Å². The van der Waals surface area contributed by atoms with Crippen LogP contribution in [0.2, 0.25) is 0 Å². The maximum Gasteiger partial charge on any atom is 0.314 e. The van der Waals surface area contributed by atoms with Gasteiger partial charge >= 0.3 is 5.69 Å². The van der Waals surface area contributed by atoms with Gasteiger partial charge in [-0.15, -0.1) is 0 Å². The minimum Gasteiger partial charge on any atom is -0.430 e. The van der Waals surface area contributed by atoms with Crippen LogP contribution in [-0.4, -0.2) is 14.9 Å². The predicted molar refractivity (Wildman–Crippen MR) is 81.8 cm³/mol. The minimum atomic E-state index is -0.615. The van der Waals surface area contributed by atoms with Gasteiger partial charge in [0.25, 0.3) is 0 Å². The van der Waals surface area contributed by atoms with E-state index in [0.29, 0.717) is 9.39 Å². The summed E-state index contributed by atoms with van der Waals surface area (Å²) in [4.78, 5) is 18.4. The second kappa shape index (κ2) is 5.88. The van der Waals surface area contributed by atoms with E-state index in [-0.39, 0.29) is 28.7 Å². The standard InChI is InChI=1S/C12H8IN5O3/c1-6-16-10(15)4-11(17-6)21-12-8(13)2-7(5-14)3-9(12)18(19)20/h2-4H,1H3,(H2,15,16,17). The van der Waals surface area contributed by atoms with Crippen LogP contribution >= 0.6 is 22.6 Å². The first-order valence-corrected chi connectivity index (χ1v) is 6.65. The molecule has 9 heteroatoms. The van der Waals surface area contributed by atoms with Crippen LogP contribution in [0.1, 0.15) is 11.4 Å². The lowest BCUT2D eigenvalue weighted by atomic mass is 10.2. The number of ether oxygens (including phenoxy) is 1. The molecule has 0 aliphatic rings. The van der Waals surface area contributed by atoms with Crippen LogP contribution in [0.4, 0.5) is 11.5 Å². The minimum absolute atomic E-state index is 0.0112. The molecule has 0 aliphatic carbocycles. The molecule has 1 heterocycles. The highest BCUT2D eigenvalue weighted by molar-refractivity contribution is 14.1. The van der Waals surface area contributed by atoms with Crippen molar-refractivity contribution in [2.45, 2.75) is 6.92 Å². The number of nitro benzene ring substituents is 1. The van der Waals surface area contributed by atoms with Crippen LogP contribution in [0.15, 0.2) is 18.2 Å². The number of halogens is 1. The van der Waals surface area contributed by atoms with Gasteiger partial charge in [0.05, 0.1) is 20.1 Å². The summed E-state index contributed by atoms with van der Waals surface area (Å²) in [6.45, 7) is 1.63. The van der Waals surface area contributed by atoms with Gasteiger partial charge in [0.2, 0.25) is 11.6 Å². The number of hydrogen-bond donors (Lipinski definition) is 1. The van der Waals surface area contributed by atoms with Crippen LogP contribution in [0.25, 0.3) is 0 Å². The van der Waals surface area contributed by atoms with Gasteiger partial charge in [-0.1, -0.05) is 0 Å². The van der Waals surface area contributed by atoms with E-state index in [4.69, 9.17) is 15.7 Å². The molecule has 8 nitrogen and oxygen atoms in total. The average Bonchev–Trinajstić information content (AvgIpc) is 2.39. The van der Waals surface area contributed by atoms with Crippen molar-refractivity contribution in [2.75, 3.05) is 5.73 Å². The molecule has 0 unspecified atom stereocenters. The Balaban J connectivity index is 2.53. The second-order valence-corrected chi connectivity index (χ2v) is 5.12. The molecule has 0 saturated carbocycles. The summed E-state index contributed by atoms with van der Waals surface area (Å²) in [7, 11) is 0. The molecule has 0 aliphatic heterocycles. The maximum atomic E-state index is 11.1. The van der Waals surface area contributed by atoms with Crippen molar-refractivity contribution in [1.29, 1.82) is 5.26 Å². The first-order valence-electron chi connectivity index (χ1n) is 5.57. The van der Waals surface area contributed by atoms with E-state index in [1.165, 1.54) is 12.1 Å². The highest BCUT2D eigenvalue weighted by Crippen LogP contribution is 2.36. The smallest absolute Gasteiger partial charge is 0.314 e. The zero-order valence-electron chi connectivity index (χ0n) is 10.7. The summed E-state index contributed by atoms with van der Waals surface area (Å²) in [5.74, 6) is 0.697. The number of nitrogen functional groups attached to an aromatic ring is 1. The van der Waals surface area contributed by atoms with E-state index in [9.17, 15) is 10.1 Å². The van der Waals surface area contributed by atoms with Crippen LogP contribution in [0, 0.1) is 31.9 Å². The zero-order valence-corrected chi connectivity index (χ0v) is 12.9. The molecule has 0 radical (unpaired) electrons. The lowest BCUT2D eigenvalue weighted by molar-refractivity contribution is -0.385. The lowest BCUT2D eigenvalue weighted by Gasteiger charge is -2.08. The molecule has 2 N–H and O–H groups in total. The molecule has 2 aromatic rings. The molecule has 0 atom stereocenters. The quantitative estimate of drug-likeness (QED) is 0.479. The van der Waals surface area contributed by atoms with Crippen molar-refractivity contribution >= 4 is 34.1 Å². The highest BCUT2D eigenvalue weighted by Gasteiger charge is 2.21. The number of aromatic nitrogens is 2.